The number of hydrogen-bond acceptors (Lipinski definition) is 3. The molecule has 2 rings (SSSR count). The molecule has 0 radical (unpaired) electrons. The van der Waals surface area contributed by atoms with Crippen molar-refractivity contribution in [3.05, 3.63) is 12.2 Å². The maximum absolute atomic E-state index is 5.38. The standard InChI is InChI=1S/C13H23NOS/c1-15-9-12-11-7-5-3-4-6-8-13(11,12)14-10-16-2/h3-4,11-12,14H,5-10H2,1-2H3/b4-3-/t11-,12+,13+/m1/s1. The summed E-state index contributed by atoms with van der Waals surface area (Å²) in [6, 6.07) is 0. The van der Waals surface area contributed by atoms with Crippen molar-refractivity contribution in [2.45, 2.75) is 31.2 Å². The number of allylic oxidation sites excluding steroid dienone is 2. The van der Waals surface area contributed by atoms with E-state index >= 15 is 0 Å². The third kappa shape index (κ3) is 2.31. The number of thioether (sulfide) groups is 1. The number of methoxy groups -OCH3 is 1. The van der Waals surface area contributed by atoms with Crippen molar-refractivity contribution in [2.24, 2.45) is 11.8 Å². The molecule has 0 aliphatic heterocycles. The molecule has 2 aliphatic carbocycles. The molecule has 2 aliphatic rings. The predicted octanol–water partition coefficient (Wildman–Crippen LogP) is 2.66. The van der Waals surface area contributed by atoms with E-state index in [2.05, 4.69) is 23.7 Å². The second-order valence-electron chi connectivity index (χ2n) is 4.91. The molecule has 0 spiro atoms. The van der Waals surface area contributed by atoms with E-state index < -0.39 is 0 Å². The van der Waals surface area contributed by atoms with Gasteiger partial charge in [0.2, 0.25) is 0 Å². The van der Waals surface area contributed by atoms with E-state index in [0.29, 0.717) is 5.54 Å². The molecule has 0 saturated heterocycles. The summed E-state index contributed by atoms with van der Waals surface area (Å²) in [5.41, 5.74) is 0.393. The van der Waals surface area contributed by atoms with Crippen molar-refractivity contribution in [1.82, 2.24) is 5.32 Å². The van der Waals surface area contributed by atoms with Gasteiger partial charge in [-0.05, 0) is 37.9 Å². The van der Waals surface area contributed by atoms with Crippen molar-refractivity contribution < 1.29 is 4.74 Å². The molecule has 0 aromatic heterocycles. The second-order valence-corrected chi connectivity index (χ2v) is 5.77. The molecule has 92 valence electrons. The van der Waals surface area contributed by atoms with Gasteiger partial charge in [-0.1, -0.05) is 12.2 Å². The van der Waals surface area contributed by atoms with Crippen LogP contribution in [0.25, 0.3) is 0 Å². The highest BCUT2D eigenvalue weighted by Crippen LogP contribution is 2.56. The molecule has 1 N–H and O–H groups in total. The van der Waals surface area contributed by atoms with Crippen LogP contribution in [-0.4, -0.2) is 31.4 Å². The highest BCUT2D eigenvalue weighted by Gasteiger charge is 2.62. The highest BCUT2D eigenvalue weighted by molar-refractivity contribution is 7.98. The van der Waals surface area contributed by atoms with Gasteiger partial charge in [-0.25, -0.2) is 0 Å². The van der Waals surface area contributed by atoms with E-state index in [1.807, 2.05) is 18.9 Å². The van der Waals surface area contributed by atoms with Gasteiger partial charge in [0.25, 0.3) is 0 Å². The Morgan fingerprint density at radius 2 is 2.25 bits per heavy atom. The van der Waals surface area contributed by atoms with E-state index in [9.17, 15) is 0 Å². The zero-order chi connectivity index (χ0) is 11.4. The average Bonchev–Trinajstić information content (AvgIpc) is 2.82. The fourth-order valence-corrected chi connectivity index (χ4v) is 3.68. The van der Waals surface area contributed by atoms with Gasteiger partial charge in [0, 0.05) is 24.4 Å². The molecule has 3 atom stereocenters. The van der Waals surface area contributed by atoms with Crippen LogP contribution >= 0.6 is 11.8 Å². The van der Waals surface area contributed by atoms with Crippen molar-refractivity contribution in [3.63, 3.8) is 0 Å². The second kappa shape index (κ2) is 5.56. The summed E-state index contributed by atoms with van der Waals surface area (Å²) >= 11 is 1.88. The number of fused-ring (bicyclic) bond motifs is 1. The molecule has 1 fully saturated rings. The van der Waals surface area contributed by atoms with E-state index in [1.165, 1.54) is 25.7 Å². The molecule has 1 saturated carbocycles. The number of rotatable bonds is 5. The minimum atomic E-state index is 0.393. The molecule has 16 heavy (non-hydrogen) atoms. The van der Waals surface area contributed by atoms with Crippen molar-refractivity contribution in [1.29, 1.82) is 0 Å². The van der Waals surface area contributed by atoms with Crippen LogP contribution in [-0.2, 0) is 4.74 Å². The first kappa shape index (κ1) is 12.5. The predicted molar refractivity (Wildman–Crippen MR) is 70.7 cm³/mol. The lowest BCUT2D eigenvalue weighted by Crippen LogP contribution is -2.35. The molecule has 0 heterocycles. The highest BCUT2D eigenvalue weighted by atomic mass is 32.2. The van der Waals surface area contributed by atoms with Crippen molar-refractivity contribution >= 4 is 11.8 Å². The average molecular weight is 241 g/mol. The van der Waals surface area contributed by atoms with E-state index in [0.717, 1.165) is 24.3 Å². The quantitative estimate of drug-likeness (QED) is 0.590. The molecule has 0 aromatic rings. The first-order valence-corrected chi connectivity index (χ1v) is 7.62. The smallest absolute Gasteiger partial charge is 0.0511 e. The van der Waals surface area contributed by atoms with Gasteiger partial charge in [-0.15, -0.1) is 11.8 Å². The molecule has 0 unspecified atom stereocenters. The Morgan fingerprint density at radius 3 is 3.00 bits per heavy atom. The fourth-order valence-electron chi connectivity index (χ4n) is 3.27. The SMILES string of the molecule is COC[C@H]1[C@H]2CC/C=C\CC[C@]21NCSC. The van der Waals surface area contributed by atoms with Gasteiger partial charge in [0.1, 0.15) is 0 Å². The minimum Gasteiger partial charge on any atom is -0.384 e. The summed E-state index contributed by atoms with van der Waals surface area (Å²) in [6.45, 7) is 0.923. The minimum absolute atomic E-state index is 0.393. The zero-order valence-electron chi connectivity index (χ0n) is 10.4. The zero-order valence-corrected chi connectivity index (χ0v) is 11.2. The van der Waals surface area contributed by atoms with Gasteiger partial charge in [-0.2, -0.15) is 0 Å². The van der Waals surface area contributed by atoms with E-state index in [-0.39, 0.29) is 0 Å². The lowest BCUT2D eigenvalue weighted by molar-refractivity contribution is 0.172. The van der Waals surface area contributed by atoms with Crippen LogP contribution in [0.3, 0.4) is 0 Å². The molecule has 0 bridgehead atoms. The van der Waals surface area contributed by atoms with Crippen molar-refractivity contribution in [2.75, 3.05) is 25.8 Å². The Morgan fingerprint density at radius 1 is 1.44 bits per heavy atom. The Labute approximate surface area is 103 Å². The van der Waals surface area contributed by atoms with Crippen LogP contribution in [0.15, 0.2) is 12.2 Å². The normalized spacial score (nSPS) is 39.6. The fraction of sp³-hybridized carbons (Fsp3) is 0.846. The van der Waals surface area contributed by atoms with Crippen LogP contribution in [0, 0.1) is 11.8 Å². The van der Waals surface area contributed by atoms with Crippen LogP contribution in [0.4, 0.5) is 0 Å². The maximum Gasteiger partial charge on any atom is 0.0511 e. The Kier molecular flexibility index (Phi) is 4.34. The van der Waals surface area contributed by atoms with Gasteiger partial charge < -0.3 is 10.1 Å². The monoisotopic (exact) mass is 241 g/mol. The topological polar surface area (TPSA) is 21.3 Å². The summed E-state index contributed by atoms with van der Waals surface area (Å²) in [7, 11) is 1.83. The molecule has 0 aromatic carbocycles. The molecule has 0 amide bonds. The molecular weight excluding hydrogens is 218 g/mol. The summed E-state index contributed by atoms with van der Waals surface area (Å²) in [6.07, 6.45) is 11.9. The first-order chi connectivity index (χ1) is 7.85. The third-order valence-electron chi connectivity index (χ3n) is 4.13. The van der Waals surface area contributed by atoms with Gasteiger partial charge in [0.05, 0.1) is 6.61 Å². The third-order valence-corrected chi connectivity index (χ3v) is 4.56. The van der Waals surface area contributed by atoms with Gasteiger partial charge in [0.15, 0.2) is 0 Å². The molecule has 2 nitrogen and oxygen atoms in total. The van der Waals surface area contributed by atoms with Crippen LogP contribution < -0.4 is 5.32 Å². The largest absolute Gasteiger partial charge is 0.384 e. The van der Waals surface area contributed by atoms with Gasteiger partial charge in [-0.3, -0.25) is 0 Å². The van der Waals surface area contributed by atoms with E-state index in [1.54, 1.807) is 0 Å². The number of nitrogens with one attached hydrogen (secondary N) is 1. The summed E-state index contributed by atoms with van der Waals surface area (Å²) < 4.78 is 5.38. The Bertz CT molecular complexity index is 256. The number of ether oxygens (including phenoxy) is 1. The maximum atomic E-state index is 5.38. The van der Waals surface area contributed by atoms with Crippen LogP contribution in [0.1, 0.15) is 25.7 Å². The molecule has 3 heteroatoms. The summed E-state index contributed by atoms with van der Waals surface area (Å²) in [5.74, 6) is 2.65. The van der Waals surface area contributed by atoms with Crippen molar-refractivity contribution in [3.8, 4) is 0 Å². The number of hydrogen-bond donors (Lipinski definition) is 1. The van der Waals surface area contributed by atoms with Crippen LogP contribution in [0.5, 0.6) is 0 Å². The molecular formula is C13H23NOS. The Balaban J connectivity index is 2.00. The lowest BCUT2D eigenvalue weighted by Gasteiger charge is -2.20. The summed E-state index contributed by atoms with van der Waals surface area (Å²) in [5, 5.41) is 3.77. The summed E-state index contributed by atoms with van der Waals surface area (Å²) in [4.78, 5) is 0. The van der Waals surface area contributed by atoms with E-state index in [4.69, 9.17) is 4.74 Å². The Hall–Kier alpha value is 0.01000. The van der Waals surface area contributed by atoms with Crippen LogP contribution in [0.2, 0.25) is 0 Å². The lowest BCUT2D eigenvalue weighted by atomic mass is 10.0. The van der Waals surface area contributed by atoms with Gasteiger partial charge >= 0.3 is 0 Å². The first-order valence-electron chi connectivity index (χ1n) is 6.23.